The van der Waals surface area contributed by atoms with E-state index in [4.69, 9.17) is 5.26 Å². The summed E-state index contributed by atoms with van der Waals surface area (Å²) in [7, 11) is 0. The van der Waals surface area contributed by atoms with Crippen LogP contribution in [0.1, 0.15) is 20.3 Å². The van der Waals surface area contributed by atoms with Crippen molar-refractivity contribution in [2.24, 2.45) is 5.41 Å². The molecule has 0 heterocycles. The van der Waals surface area contributed by atoms with E-state index in [0.717, 1.165) is 0 Å². The molecule has 0 aromatic carbocycles. The summed E-state index contributed by atoms with van der Waals surface area (Å²) in [6, 6.07) is 2.05. The second-order valence-electron chi connectivity index (χ2n) is 2.50. The van der Waals surface area contributed by atoms with Gasteiger partial charge in [0.25, 0.3) is 0 Å². The number of rotatable bonds is 1. The third-order valence-electron chi connectivity index (χ3n) is 0.558. The summed E-state index contributed by atoms with van der Waals surface area (Å²) in [5.74, 6) is 0. The average molecular weight is 96.2 g/mol. The third-order valence-corrected chi connectivity index (χ3v) is 0.558. The molecule has 1 nitrogen and oxygen atoms in total. The van der Waals surface area contributed by atoms with Crippen LogP contribution in [0.2, 0.25) is 0 Å². The van der Waals surface area contributed by atoms with Gasteiger partial charge in [-0.15, -0.1) is 0 Å². The smallest absolute Gasteiger partial charge is 0.0627 e. The molecule has 0 aromatic rings. The number of nitrogens with zero attached hydrogens (tertiary/aromatic N) is 1. The highest BCUT2D eigenvalue weighted by atomic mass is 14.3. The van der Waals surface area contributed by atoms with E-state index in [-0.39, 0.29) is 5.41 Å². The van der Waals surface area contributed by atoms with Gasteiger partial charge >= 0.3 is 0 Å². The molecular weight excluding hydrogens is 86.1 g/mol. The van der Waals surface area contributed by atoms with E-state index >= 15 is 0 Å². The first-order chi connectivity index (χ1) is 3.06. The lowest BCUT2D eigenvalue weighted by atomic mass is 9.93. The second kappa shape index (κ2) is 1.97. The van der Waals surface area contributed by atoms with Crippen LogP contribution < -0.4 is 0 Å². The maximum absolute atomic E-state index is 8.11. The van der Waals surface area contributed by atoms with Gasteiger partial charge in [0.1, 0.15) is 0 Å². The van der Waals surface area contributed by atoms with Crippen LogP contribution in [0.5, 0.6) is 0 Å². The Morgan fingerprint density at radius 2 is 2.14 bits per heavy atom. The molecule has 0 rings (SSSR count). The van der Waals surface area contributed by atoms with Gasteiger partial charge in [0, 0.05) is 6.42 Å². The minimum absolute atomic E-state index is 0.0608. The van der Waals surface area contributed by atoms with Gasteiger partial charge < -0.3 is 0 Å². The molecule has 39 valence electrons. The van der Waals surface area contributed by atoms with E-state index < -0.39 is 0 Å². The molecule has 1 heteroatoms. The molecule has 0 aliphatic carbocycles. The monoisotopic (exact) mass is 96.1 g/mol. The van der Waals surface area contributed by atoms with Gasteiger partial charge in [-0.3, -0.25) is 0 Å². The molecule has 0 aliphatic rings. The highest BCUT2D eigenvalue weighted by Crippen LogP contribution is 2.15. The minimum atomic E-state index is -0.0608. The molecule has 0 spiro atoms. The van der Waals surface area contributed by atoms with E-state index in [9.17, 15) is 0 Å². The summed E-state index contributed by atoms with van der Waals surface area (Å²) < 4.78 is 0. The van der Waals surface area contributed by atoms with Crippen molar-refractivity contribution in [3.63, 3.8) is 0 Å². The first-order valence-corrected chi connectivity index (χ1v) is 2.28. The van der Waals surface area contributed by atoms with Gasteiger partial charge in [-0.05, 0) is 12.3 Å². The predicted octanol–water partition coefficient (Wildman–Crippen LogP) is 1.76. The fourth-order valence-electron chi connectivity index (χ4n) is 0.214. The highest BCUT2D eigenvalue weighted by molar-refractivity contribution is 4.83. The predicted molar refractivity (Wildman–Crippen MR) is 29.4 cm³/mol. The molecule has 0 aliphatic heterocycles. The van der Waals surface area contributed by atoms with Gasteiger partial charge in [0.05, 0.1) is 6.07 Å². The van der Waals surface area contributed by atoms with Crippen LogP contribution in [0.25, 0.3) is 0 Å². The normalized spacial score (nSPS) is 10.6. The van der Waals surface area contributed by atoms with Gasteiger partial charge in [0.2, 0.25) is 0 Å². The average Bonchev–Trinajstić information content (AvgIpc) is 1.30. The maximum atomic E-state index is 8.11. The summed E-state index contributed by atoms with van der Waals surface area (Å²) in [5.41, 5.74) is -0.0608. The topological polar surface area (TPSA) is 23.8 Å². The van der Waals surface area contributed by atoms with Crippen molar-refractivity contribution >= 4 is 0 Å². The number of hydrogen-bond donors (Lipinski definition) is 0. The molecule has 0 atom stereocenters. The van der Waals surface area contributed by atoms with Crippen LogP contribution in [0.4, 0.5) is 0 Å². The van der Waals surface area contributed by atoms with Crippen molar-refractivity contribution in [1.29, 1.82) is 5.26 Å². The fraction of sp³-hybridized carbons (Fsp3) is 0.667. The van der Waals surface area contributed by atoms with Crippen molar-refractivity contribution in [2.75, 3.05) is 0 Å². The van der Waals surface area contributed by atoms with E-state index in [0.29, 0.717) is 6.42 Å². The van der Waals surface area contributed by atoms with Crippen LogP contribution in [-0.4, -0.2) is 0 Å². The number of hydrogen-bond acceptors (Lipinski definition) is 1. The lowest BCUT2D eigenvalue weighted by molar-refractivity contribution is 0.489. The zero-order chi connectivity index (χ0) is 5.91. The first-order valence-electron chi connectivity index (χ1n) is 2.28. The summed E-state index contributed by atoms with van der Waals surface area (Å²) in [6.45, 7) is 7.62. The first kappa shape index (κ1) is 6.49. The molecule has 0 bridgehead atoms. The van der Waals surface area contributed by atoms with Crippen LogP contribution in [0, 0.1) is 23.7 Å². The van der Waals surface area contributed by atoms with Crippen LogP contribution in [0.3, 0.4) is 0 Å². The fourth-order valence-corrected chi connectivity index (χ4v) is 0.214. The van der Waals surface area contributed by atoms with Crippen molar-refractivity contribution in [1.82, 2.24) is 0 Å². The molecule has 0 fully saturated rings. The Morgan fingerprint density at radius 3 is 2.14 bits per heavy atom. The zero-order valence-corrected chi connectivity index (χ0v) is 4.86. The van der Waals surface area contributed by atoms with E-state index in [1.54, 1.807) is 0 Å². The third kappa shape index (κ3) is 5.49. The Kier molecular flexibility index (Phi) is 1.83. The van der Waals surface area contributed by atoms with Crippen LogP contribution in [-0.2, 0) is 0 Å². The van der Waals surface area contributed by atoms with E-state index in [1.807, 2.05) is 19.9 Å². The summed E-state index contributed by atoms with van der Waals surface area (Å²) >= 11 is 0. The van der Waals surface area contributed by atoms with Crippen molar-refractivity contribution in [3.8, 4) is 6.07 Å². The summed E-state index contributed by atoms with van der Waals surface area (Å²) in [4.78, 5) is 0. The van der Waals surface area contributed by atoms with Crippen LogP contribution in [0.15, 0.2) is 0 Å². The van der Waals surface area contributed by atoms with E-state index in [2.05, 4.69) is 6.92 Å². The Balaban J connectivity index is 3.40. The zero-order valence-electron chi connectivity index (χ0n) is 4.86. The quantitative estimate of drug-likeness (QED) is 0.488. The lowest BCUT2D eigenvalue weighted by Crippen LogP contribution is -2.02. The summed E-state index contributed by atoms with van der Waals surface area (Å²) in [6.07, 6.45) is 0.535. The maximum Gasteiger partial charge on any atom is 0.0627 e. The molecule has 1 radical (unpaired) electrons. The van der Waals surface area contributed by atoms with Crippen molar-refractivity contribution in [3.05, 3.63) is 6.92 Å². The number of nitriles is 1. The van der Waals surface area contributed by atoms with E-state index in [1.165, 1.54) is 0 Å². The SMILES string of the molecule is [CH2]C(C)(C)CC#N. The van der Waals surface area contributed by atoms with Gasteiger partial charge in [0.15, 0.2) is 0 Å². The van der Waals surface area contributed by atoms with Crippen molar-refractivity contribution < 1.29 is 0 Å². The molecule has 0 unspecified atom stereocenters. The molecule has 0 saturated heterocycles. The largest absolute Gasteiger partial charge is 0.198 e. The van der Waals surface area contributed by atoms with Crippen LogP contribution >= 0.6 is 0 Å². The molecule has 0 aromatic heterocycles. The Hall–Kier alpha value is -0.510. The Bertz CT molecular complexity index is 81.3. The Morgan fingerprint density at radius 1 is 1.71 bits per heavy atom. The molecule has 0 amide bonds. The standard InChI is InChI=1S/C6H10N/c1-6(2,3)4-5-7/h1,4H2,2-3H3. The highest BCUT2D eigenvalue weighted by Gasteiger charge is 2.07. The molecule has 0 N–H and O–H groups in total. The Labute approximate surface area is 45.0 Å². The van der Waals surface area contributed by atoms with Crippen molar-refractivity contribution in [2.45, 2.75) is 20.3 Å². The summed E-state index contributed by atoms with van der Waals surface area (Å²) in [5, 5.41) is 8.11. The van der Waals surface area contributed by atoms with Gasteiger partial charge in [-0.2, -0.15) is 5.26 Å². The lowest BCUT2D eigenvalue weighted by Gasteiger charge is -2.10. The van der Waals surface area contributed by atoms with Gasteiger partial charge in [-0.1, -0.05) is 13.8 Å². The van der Waals surface area contributed by atoms with Gasteiger partial charge in [-0.25, -0.2) is 0 Å². The molecular formula is C6H10N. The molecule has 7 heavy (non-hydrogen) atoms. The molecule has 0 saturated carbocycles. The second-order valence-corrected chi connectivity index (χ2v) is 2.50. The minimum Gasteiger partial charge on any atom is -0.198 e.